The van der Waals surface area contributed by atoms with Gasteiger partial charge < -0.3 is 0 Å². The molecule has 0 rings (SSSR count). The van der Waals surface area contributed by atoms with Crippen molar-refractivity contribution in [3.8, 4) is 0 Å². The van der Waals surface area contributed by atoms with E-state index in [-0.39, 0.29) is 0 Å². The highest BCUT2D eigenvalue weighted by Crippen LogP contribution is 2.03. The van der Waals surface area contributed by atoms with Crippen molar-refractivity contribution >= 4 is 9.24 Å². The van der Waals surface area contributed by atoms with Crippen LogP contribution in [0.4, 0.5) is 0 Å². The minimum absolute atomic E-state index is 1.06. The molecular formula is C7H15P. The first-order valence-electron chi connectivity index (χ1n) is 3.52. The Labute approximate surface area is 55.3 Å². The van der Waals surface area contributed by atoms with E-state index in [0.29, 0.717) is 0 Å². The highest BCUT2D eigenvalue weighted by Gasteiger charge is 1.83. The summed E-state index contributed by atoms with van der Waals surface area (Å²) in [5, 5.41) is 0. The van der Waals surface area contributed by atoms with Gasteiger partial charge in [-0.25, -0.2) is 0 Å². The Morgan fingerprint density at radius 1 is 1.00 bits per heavy atom. The van der Waals surface area contributed by atoms with Crippen molar-refractivity contribution in [3.63, 3.8) is 0 Å². The van der Waals surface area contributed by atoms with Gasteiger partial charge in [0.1, 0.15) is 0 Å². The van der Waals surface area contributed by atoms with Gasteiger partial charge >= 0.3 is 0 Å². The van der Waals surface area contributed by atoms with Crippen LogP contribution in [-0.2, 0) is 0 Å². The minimum Gasteiger partial charge on any atom is -0.0654 e. The monoisotopic (exact) mass is 130 g/mol. The maximum Gasteiger partial charge on any atom is -0.0242 e. The second kappa shape index (κ2) is 7.43. The van der Waals surface area contributed by atoms with E-state index in [1.54, 1.807) is 0 Å². The van der Waals surface area contributed by atoms with Gasteiger partial charge in [-0.3, -0.25) is 0 Å². The van der Waals surface area contributed by atoms with Crippen molar-refractivity contribution in [1.29, 1.82) is 0 Å². The molecule has 8 heavy (non-hydrogen) atoms. The molecule has 0 saturated heterocycles. The first kappa shape index (κ1) is 8.43. The van der Waals surface area contributed by atoms with E-state index in [4.69, 9.17) is 0 Å². The smallest absolute Gasteiger partial charge is 0.0242 e. The molecule has 48 valence electrons. The molecular weight excluding hydrogens is 115 g/mol. The van der Waals surface area contributed by atoms with Crippen LogP contribution >= 0.6 is 9.24 Å². The molecule has 0 aliphatic rings. The SMILES string of the molecule is CCCCCCC[P]. The predicted octanol–water partition coefficient (Wildman–Crippen LogP) is 3.37. The Morgan fingerprint density at radius 3 is 2.12 bits per heavy atom. The first-order valence-corrected chi connectivity index (χ1v) is 4.16. The van der Waals surface area contributed by atoms with Crippen molar-refractivity contribution in [2.75, 3.05) is 6.16 Å². The lowest BCUT2D eigenvalue weighted by atomic mass is 10.2. The lowest BCUT2D eigenvalue weighted by molar-refractivity contribution is 0.659. The summed E-state index contributed by atoms with van der Waals surface area (Å²) in [7, 11) is 4.12. The zero-order valence-corrected chi connectivity index (χ0v) is 6.58. The fourth-order valence-corrected chi connectivity index (χ4v) is 0.939. The van der Waals surface area contributed by atoms with E-state index in [0.717, 1.165) is 6.16 Å². The fourth-order valence-electron chi connectivity index (χ4n) is 0.715. The van der Waals surface area contributed by atoms with Crippen LogP contribution in [0.25, 0.3) is 0 Å². The summed E-state index contributed by atoms with van der Waals surface area (Å²) in [4.78, 5) is 0. The van der Waals surface area contributed by atoms with Gasteiger partial charge in [0.05, 0.1) is 0 Å². The number of unbranched alkanes of at least 4 members (excludes halogenated alkanes) is 4. The molecule has 0 unspecified atom stereocenters. The average Bonchev–Trinajstić information content (AvgIpc) is 1.81. The lowest BCUT2D eigenvalue weighted by Crippen LogP contribution is -1.76. The Morgan fingerprint density at radius 2 is 1.62 bits per heavy atom. The summed E-state index contributed by atoms with van der Waals surface area (Å²) in [6.45, 7) is 2.24. The van der Waals surface area contributed by atoms with Crippen LogP contribution in [0.15, 0.2) is 0 Å². The fraction of sp³-hybridized carbons (Fsp3) is 1.00. The molecule has 2 radical (unpaired) electrons. The molecule has 0 N–H and O–H groups in total. The van der Waals surface area contributed by atoms with Crippen LogP contribution < -0.4 is 0 Å². The van der Waals surface area contributed by atoms with Crippen molar-refractivity contribution in [2.45, 2.75) is 39.0 Å². The molecule has 0 amide bonds. The summed E-state index contributed by atoms with van der Waals surface area (Å²) in [6, 6.07) is 0. The second-order valence-corrected chi connectivity index (χ2v) is 2.59. The number of hydrogen-bond donors (Lipinski definition) is 0. The molecule has 0 aliphatic carbocycles. The van der Waals surface area contributed by atoms with Crippen molar-refractivity contribution < 1.29 is 0 Å². The van der Waals surface area contributed by atoms with Crippen LogP contribution in [0.3, 0.4) is 0 Å². The van der Waals surface area contributed by atoms with Gasteiger partial charge in [-0.05, 0) is 21.8 Å². The van der Waals surface area contributed by atoms with Gasteiger partial charge in [-0.15, -0.1) is 0 Å². The molecule has 0 atom stereocenters. The van der Waals surface area contributed by atoms with E-state index in [1.807, 2.05) is 0 Å². The van der Waals surface area contributed by atoms with E-state index in [2.05, 4.69) is 16.2 Å². The average molecular weight is 130 g/mol. The van der Waals surface area contributed by atoms with Crippen LogP contribution in [0.2, 0.25) is 0 Å². The lowest BCUT2D eigenvalue weighted by Gasteiger charge is -1.93. The van der Waals surface area contributed by atoms with Crippen LogP contribution in [0.5, 0.6) is 0 Å². The normalized spacial score (nSPS) is 9.75. The Hall–Kier alpha value is 0.430. The standard InChI is InChI=1S/C7H15P/c1-2-3-4-5-6-7-8/h2-7H2,1H3. The van der Waals surface area contributed by atoms with E-state index >= 15 is 0 Å². The molecule has 0 aromatic heterocycles. The highest BCUT2D eigenvalue weighted by atomic mass is 31.0. The third-order valence-electron chi connectivity index (χ3n) is 1.26. The Balaban J connectivity index is 2.53. The number of rotatable bonds is 5. The summed E-state index contributed by atoms with van der Waals surface area (Å²) >= 11 is 0. The van der Waals surface area contributed by atoms with Gasteiger partial charge in [0.2, 0.25) is 0 Å². The summed E-state index contributed by atoms with van der Waals surface area (Å²) in [5.74, 6) is 0. The molecule has 0 aromatic rings. The van der Waals surface area contributed by atoms with Crippen LogP contribution in [-0.4, -0.2) is 6.16 Å². The zero-order valence-electron chi connectivity index (χ0n) is 5.69. The van der Waals surface area contributed by atoms with Crippen molar-refractivity contribution in [3.05, 3.63) is 0 Å². The van der Waals surface area contributed by atoms with E-state index < -0.39 is 0 Å². The van der Waals surface area contributed by atoms with Gasteiger partial charge in [0.25, 0.3) is 0 Å². The molecule has 1 heteroatoms. The molecule has 0 spiro atoms. The zero-order chi connectivity index (χ0) is 6.24. The topological polar surface area (TPSA) is 0 Å². The molecule has 0 nitrogen and oxygen atoms in total. The van der Waals surface area contributed by atoms with Gasteiger partial charge in [-0.1, -0.05) is 32.6 Å². The number of hydrogen-bond acceptors (Lipinski definition) is 0. The second-order valence-electron chi connectivity index (χ2n) is 2.14. The molecule has 0 fully saturated rings. The molecule has 0 heterocycles. The van der Waals surface area contributed by atoms with Crippen LogP contribution in [0, 0.1) is 0 Å². The molecule has 0 aromatic carbocycles. The largest absolute Gasteiger partial charge is 0.0654 e. The van der Waals surface area contributed by atoms with Gasteiger partial charge in [0, 0.05) is 0 Å². The Kier molecular flexibility index (Phi) is 7.83. The van der Waals surface area contributed by atoms with Crippen molar-refractivity contribution in [1.82, 2.24) is 0 Å². The maximum absolute atomic E-state index is 4.12. The van der Waals surface area contributed by atoms with Crippen LogP contribution in [0.1, 0.15) is 39.0 Å². The molecule has 0 aliphatic heterocycles. The van der Waals surface area contributed by atoms with E-state index in [1.165, 1.54) is 32.1 Å². The molecule has 0 bridgehead atoms. The minimum atomic E-state index is 1.06. The summed E-state index contributed by atoms with van der Waals surface area (Å²) in [6.07, 6.45) is 7.86. The highest BCUT2D eigenvalue weighted by molar-refractivity contribution is 7.16. The first-order chi connectivity index (χ1) is 3.91. The van der Waals surface area contributed by atoms with E-state index in [9.17, 15) is 0 Å². The summed E-state index contributed by atoms with van der Waals surface area (Å²) < 4.78 is 0. The van der Waals surface area contributed by atoms with Gasteiger partial charge in [0.15, 0.2) is 0 Å². The van der Waals surface area contributed by atoms with Gasteiger partial charge in [-0.2, -0.15) is 0 Å². The third kappa shape index (κ3) is 6.43. The predicted molar refractivity (Wildman–Crippen MR) is 40.5 cm³/mol. The maximum atomic E-state index is 4.12. The Bertz CT molecular complexity index is 29.4. The summed E-state index contributed by atoms with van der Waals surface area (Å²) in [5.41, 5.74) is 0. The third-order valence-corrected chi connectivity index (χ3v) is 1.58. The quantitative estimate of drug-likeness (QED) is 0.395. The van der Waals surface area contributed by atoms with Crippen molar-refractivity contribution in [2.24, 2.45) is 0 Å². The molecule has 0 saturated carbocycles.